The van der Waals surface area contributed by atoms with Gasteiger partial charge in [0.1, 0.15) is 17.3 Å². The van der Waals surface area contributed by atoms with Gasteiger partial charge in [0, 0.05) is 23.8 Å². The van der Waals surface area contributed by atoms with Gasteiger partial charge in [-0.15, -0.1) is 0 Å². The molecule has 0 spiro atoms. The molecule has 5 heteroatoms. The number of hydrogen-bond donors (Lipinski definition) is 1. The lowest BCUT2D eigenvalue weighted by Crippen LogP contribution is -2.17. The summed E-state index contributed by atoms with van der Waals surface area (Å²) in [6, 6.07) is 5.78. The highest BCUT2D eigenvalue weighted by Crippen LogP contribution is 2.36. The number of benzene rings is 1. The summed E-state index contributed by atoms with van der Waals surface area (Å²) in [5.41, 5.74) is 4.29. The van der Waals surface area contributed by atoms with E-state index in [9.17, 15) is 0 Å². The SMILES string of the molecule is C/C=C(/NCCCC)c1nc(-c2cc(Cl)ccc2OC)n(CC2CCCCC2)c1C. The Bertz CT molecular complexity index is 866. The fourth-order valence-electron chi connectivity index (χ4n) is 4.42. The smallest absolute Gasteiger partial charge is 0.144 e. The second-order valence-electron chi connectivity index (χ2n) is 8.31. The van der Waals surface area contributed by atoms with Crippen LogP contribution in [0, 0.1) is 12.8 Å². The van der Waals surface area contributed by atoms with Crippen molar-refractivity contribution in [2.45, 2.75) is 72.3 Å². The minimum absolute atomic E-state index is 0.699. The lowest BCUT2D eigenvalue weighted by Gasteiger charge is -2.24. The van der Waals surface area contributed by atoms with E-state index < -0.39 is 0 Å². The molecular formula is C25H36ClN3O. The molecule has 2 aromatic rings. The molecule has 30 heavy (non-hydrogen) atoms. The Morgan fingerprint density at radius 1 is 1.30 bits per heavy atom. The Labute approximate surface area is 186 Å². The van der Waals surface area contributed by atoms with E-state index in [0.717, 1.165) is 48.0 Å². The maximum Gasteiger partial charge on any atom is 0.144 e. The number of nitrogens with one attached hydrogen (secondary N) is 1. The highest BCUT2D eigenvalue weighted by Gasteiger charge is 2.23. The van der Waals surface area contributed by atoms with Crippen LogP contribution >= 0.6 is 11.6 Å². The van der Waals surface area contributed by atoms with E-state index in [1.165, 1.54) is 44.2 Å². The van der Waals surface area contributed by atoms with E-state index in [1.54, 1.807) is 7.11 Å². The number of imidazole rings is 1. The first-order valence-electron chi connectivity index (χ1n) is 11.4. The number of halogens is 1. The molecular weight excluding hydrogens is 394 g/mol. The quantitative estimate of drug-likeness (QED) is 0.443. The molecule has 0 unspecified atom stereocenters. The molecule has 1 aromatic carbocycles. The molecule has 0 radical (unpaired) electrons. The maximum absolute atomic E-state index is 6.37. The van der Waals surface area contributed by atoms with Gasteiger partial charge in [-0.2, -0.15) is 0 Å². The van der Waals surface area contributed by atoms with Crippen LogP contribution in [-0.4, -0.2) is 23.2 Å². The minimum atomic E-state index is 0.699. The number of ether oxygens (including phenoxy) is 1. The van der Waals surface area contributed by atoms with E-state index in [0.29, 0.717) is 10.9 Å². The molecule has 1 N–H and O–H groups in total. The van der Waals surface area contributed by atoms with E-state index in [2.05, 4.69) is 36.7 Å². The zero-order chi connectivity index (χ0) is 21.5. The summed E-state index contributed by atoms with van der Waals surface area (Å²) in [5, 5.41) is 4.29. The third-order valence-corrected chi connectivity index (χ3v) is 6.41. The molecule has 1 aliphatic rings. The average molecular weight is 430 g/mol. The third-order valence-electron chi connectivity index (χ3n) is 6.18. The largest absolute Gasteiger partial charge is 0.496 e. The highest BCUT2D eigenvalue weighted by atomic mass is 35.5. The van der Waals surface area contributed by atoms with Crippen molar-refractivity contribution in [3.05, 3.63) is 40.7 Å². The first-order valence-corrected chi connectivity index (χ1v) is 11.8. The van der Waals surface area contributed by atoms with Crippen LogP contribution in [0.3, 0.4) is 0 Å². The van der Waals surface area contributed by atoms with Crippen LogP contribution in [0.25, 0.3) is 17.1 Å². The lowest BCUT2D eigenvalue weighted by molar-refractivity contribution is 0.318. The monoisotopic (exact) mass is 429 g/mol. The number of unbranched alkanes of at least 4 members (excludes halogenated alkanes) is 1. The van der Waals surface area contributed by atoms with Gasteiger partial charge in [0.05, 0.1) is 18.4 Å². The van der Waals surface area contributed by atoms with Crippen molar-refractivity contribution >= 4 is 17.3 Å². The minimum Gasteiger partial charge on any atom is -0.496 e. The number of methoxy groups -OCH3 is 1. The second-order valence-corrected chi connectivity index (χ2v) is 8.75. The molecule has 0 amide bonds. The summed E-state index contributed by atoms with van der Waals surface area (Å²) in [6.45, 7) is 8.44. The molecule has 4 nitrogen and oxygen atoms in total. The average Bonchev–Trinajstić information content (AvgIpc) is 3.08. The number of aromatic nitrogens is 2. The molecule has 1 aliphatic carbocycles. The summed E-state index contributed by atoms with van der Waals surface area (Å²) >= 11 is 6.37. The van der Waals surface area contributed by atoms with Crippen molar-refractivity contribution in [1.82, 2.24) is 14.9 Å². The molecule has 1 aromatic heterocycles. The van der Waals surface area contributed by atoms with Crippen molar-refractivity contribution in [2.24, 2.45) is 5.92 Å². The van der Waals surface area contributed by atoms with Crippen LogP contribution in [0.2, 0.25) is 5.02 Å². The molecule has 0 saturated heterocycles. The van der Waals surface area contributed by atoms with Crippen molar-refractivity contribution in [3.8, 4) is 17.1 Å². The Morgan fingerprint density at radius 3 is 2.73 bits per heavy atom. The summed E-state index contributed by atoms with van der Waals surface area (Å²) in [7, 11) is 1.71. The van der Waals surface area contributed by atoms with Gasteiger partial charge in [-0.05, 0) is 57.2 Å². The van der Waals surface area contributed by atoms with Gasteiger partial charge in [-0.3, -0.25) is 0 Å². The Balaban J connectivity index is 2.06. The van der Waals surface area contributed by atoms with Gasteiger partial charge in [0.25, 0.3) is 0 Å². The van der Waals surface area contributed by atoms with E-state index in [4.69, 9.17) is 21.3 Å². The van der Waals surface area contributed by atoms with Gasteiger partial charge in [0.15, 0.2) is 0 Å². The highest BCUT2D eigenvalue weighted by molar-refractivity contribution is 6.30. The van der Waals surface area contributed by atoms with Crippen LogP contribution in [0.5, 0.6) is 5.75 Å². The summed E-state index contributed by atoms with van der Waals surface area (Å²) in [4.78, 5) is 5.14. The first kappa shape index (κ1) is 22.7. The molecule has 1 fully saturated rings. The predicted molar refractivity (Wildman–Crippen MR) is 127 cm³/mol. The number of nitrogens with zero attached hydrogens (tertiary/aromatic N) is 2. The topological polar surface area (TPSA) is 39.1 Å². The van der Waals surface area contributed by atoms with Gasteiger partial charge in [-0.25, -0.2) is 4.98 Å². The lowest BCUT2D eigenvalue weighted by atomic mass is 9.89. The predicted octanol–water partition coefficient (Wildman–Crippen LogP) is 6.85. The molecule has 0 aliphatic heterocycles. The van der Waals surface area contributed by atoms with E-state index in [-0.39, 0.29) is 0 Å². The fourth-order valence-corrected chi connectivity index (χ4v) is 4.60. The Morgan fingerprint density at radius 2 is 2.07 bits per heavy atom. The zero-order valence-corrected chi connectivity index (χ0v) is 19.7. The fraction of sp³-hybridized carbons (Fsp3) is 0.560. The van der Waals surface area contributed by atoms with E-state index in [1.807, 2.05) is 18.2 Å². The molecule has 164 valence electrons. The van der Waals surface area contributed by atoms with Crippen LogP contribution in [0.15, 0.2) is 24.3 Å². The number of rotatable bonds is 9. The summed E-state index contributed by atoms with van der Waals surface area (Å²) < 4.78 is 8.07. The maximum atomic E-state index is 6.37. The normalized spacial score (nSPS) is 15.4. The Hall–Kier alpha value is -1.94. The summed E-state index contributed by atoms with van der Waals surface area (Å²) in [6.07, 6.45) is 11.1. The van der Waals surface area contributed by atoms with Crippen molar-refractivity contribution < 1.29 is 4.74 Å². The van der Waals surface area contributed by atoms with Crippen LogP contribution in [-0.2, 0) is 6.54 Å². The van der Waals surface area contributed by atoms with Crippen molar-refractivity contribution in [2.75, 3.05) is 13.7 Å². The van der Waals surface area contributed by atoms with Gasteiger partial charge in [0.2, 0.25) is 0 Å². The number of hydrogen-bond acceptors (Lipinski definition) is 3. The van der Waals surface area contributed by atoms with Gasteiger partial charge >= 0.3 is 0 Å². The van der Waals surface area contributed by atoms with Crippen LogP contribution < -0.4 is 10.1 Å². The van der Waals surface area contributed by atoms with Crippen molar-refractivity contribution in [1.29, 1.82) is 0 Å². The molecule has 0 bridgehead atoms. The molecule has 0 atom stereocenters. The standard InChI is InChI=1S/C25H36ClN3O/c1-5-7-15-27-22(6-2)24-18(3)29(17-19-11-9-8-10-12-19)25(28-24)21-16-20(26)13-14-23(21)30-4/h6,13-14,16,19,27H,5,7-12,15,17H2,1-4H3/b22-6+. The van der Waals surface area contributed by atoms with Crippen LogP contribution in [0.4, 0.5) is 0 Å². The van der Waals surface area contributed by atoms with Crippen LogP contribution in [0.1, 0.15) is 70.2 Å². The molecule has 1 heterocycles. The van der Waals surface area contributed by atoms with Crippen molar-refractivity contribution in [3.63, 3.8) is 0 Å². The van der Waals surface area contributed by atoms with Gasteiger partial charge < -0.3 is 14.6 Å². The molecule has 3 rings (SSSR count). The second kappa shape index (κ2) is 10.9. The Kier molecular flexibility index (Phi) is 8.26. The third kappa shape index (κ3) is 5.21. The van der Waals surface area contributed by atoms with E-state index >= 15 is 0 Å². The zero-order valence-electron chi connectivity index (χ0n) is 18.9. The van der Waals surface area contributed by atoms with Gasteiger partial charge in [-0.1, -0.05) is 50.3 Å². The molecule has 1 saturated carbocycles. The first-order chi connectivity index (χ1) is 14.6. The number of allylic oxidation sites excluding steroid dienone is 1. The summed E-state index contributed by atoms with van der Waals surface area (Å²) in [5.74, 6) is 2.46.